The Morgan fingerprint density at radius 1 is 1.37 bits per heavy atom. The van der Waals surface area contributed by atoms with Crippen LogP contribution in [0.1, 0.15) is 55.0 Å². The summed E-state index contributed by atoms with van der Waals surface area (Å²) in [5.41, 5.74) is 0.860. The van der Waals surface area contributed by atoms with E-state index in [2.05, 4.69) is 25.9 Å². The monoisotopic (exact) mass is 436 g/mol. The van der Waals surface area contributed by atoms with Gasteiger partial charge in [-0.2, -0.15) is 21.8 Å². The van der Waals surface area contributed by atoms with Gasteiger partial charge in [0.25, 0.3) is 5.91 Å². The maximum Gasteiger partial charge on any atom is 0.407 e. The highest BCUT2D eigenvalue weighted by molar-refractivity contribution is 7.97. The summed E-state index contributed by atoms with van der Waals surface area (Å²) in [5, 5.41) is 13.8. The summed E-state index contributed by atoms with van der Waals surface area (Å²) in [6, 6.07) is 0. The second-order valence-electron chi connectivity index (χ2n) is 8.19. The van der Waals surface area contributed by atoms with Crippen molar-refractivity contribution < 1.29 is 18.8 Å². The standard InChI is InChI=1S/C19H28N6O4S/c1-19(2,3)28-18(27)21-8-12-5-6-25-14(7-12)13(9-22-25)17(26)20-10-16-23-15(11-30-4)24-29-16/h9,12H,5-8,10-11H2,1-4H3,(H,20,26)(H,21,27). The third-order valence-electron chi connectivity index (χ3n) is 4.54. The third-order valence-corrected chi connectivity index (χ3v) is 5.09. The van der Waals surface area contributed by atoms with Crippen molar-refractivity contribution in [3.8, 4) is 0 Å². The first kappa shape index (κ1) is 22.1. The molecule has 1 unspecified atom stereocenters. The topological polar surface area (TPSA) is 124 Å². The molecule has 0 aromatic carbocycles. The molecule has 1 aliphatic heterocycles. The summed E-state index contributed by atoms with van der Waals surface area (Å²) < 4.78 is 12.3. The van der Waals surface area contributed by atoms with Crippen LogP contribution in [0.25, 0.3) is 0 Å². The third kappa shape index (κ3) is 5.97. The quantitative estimate of drug-likeness (QED) is 0.676. The second-order valence-corrected chi connectivity index (χ2v) is 9.06. The largest absolute Gasteiger partial charge is 0.444 e. The van der Waals surface area contributed by atoms with Gasteiger partial charge in [-0.25, -0.2) is 4.79 Å². The van der Waals surface area contributed by atoms with Gasteiger partial charge >= 0.3 is 6.09 Å². The van der Waals surface area contributed by atoms with Crippen LogP contribution in [0.4, 0.5) is 4.79 Å². The van der Waals surface area contributed by atoms with E-state index in [4.69, 9.17) is 9.26 Å². The molecule has 0 spiro atoms. The number of thioether (sulfide) groups is 1. The van der Waals surface area contributed by atoms with Crippen molar-refractivity contribution in [2.45, 2.75) is 58.1 Å². The average Bonchev–Trinajstić information content (AvgIpc) is 3.30. The van der Waals surface area contributed by atoms with Crippen LogP contribution in [-0.4, -0.2) is 50.3 Å². The van der Waals surface area contributed by atoms with Crippen molar-refractivity contribution in [3.05, 3.63) is 29.2 Å². The van der Waals surface area contributed by atoms with E-state index in [1.807, 2.05) is 31.7 Å². The minimum atomic E-state index is -0.533. The smallest absolute Gasteiger partial charge is 0.407 e. The molecule has 11 heteroatoms. The predicted molar refractivity (Wildman–Crippen MR) is 111 cm³/mol. The lowest BCUT2D eigenvalue weighted by Gasteiger charge is -2.25. The molecule has 2 N–H and O–H groups in total. The first-order valence-electron chi connectivity index (χ1n) is 9.85. The Kier molecular flexibility index (Phi) is 7.01. The van der Waals surface area contributed by atoms with Gasteiger partial charge in [0, 0.05) is 13.1 Å². The summed E-state index contributed by atoms with van der Waals surface area (Å²) in [6.45, 7) is 6.83. The number of hydrogen-bond acceptors (Lipinski definition) is 8. The minimum Gasteiger partial charge on any atom is -0.444 e. The van der Waals surface area contributed by atoms with Crippen LogP contribution in [0.15, 0.2) is 10.7 Å². The summed E-state index contributed by atoms with van der Waals surface area (Å²) in [6.07, 6.45) is 4.63. The van der Waals surface area contributed by atoms with Gasteiger partial charge in [-0.3, -0.25) is 9.48 Å². The van der Waals surface area contributed by atoms with Crippen LogP contribution in [0.3, 0.4) is 0 Å². The highest BCUT2D eigenvalue weighted by atomic mass is 32.2. The van der Waals surface area contributed by atoms with Crippen LogP contribution in [0, 0.1) is 5.92 Å². The van der Waals surface area contributed by atoms with Gasteiger partial charge < -0.3 is 19.9 Å². The fourth-order valence-corrected chi connectivity index (χ4v) is 3.58. The number of fused-ring (bicyclic) bond motifs is 1. The Bertz CT molecular complexity index is 888. The Labute approximate surface area is 179 Å². The van der Waals surface area contributed by atoms with Gasteiger partial charge in [0.1, 0.15) is 5.60 Å². The molecule has 2 aromatic heterocycles. The molecule has 164 valence electrons. The Morgan fingerprint density at radius 3 is 2.90 bits per heavy atom. The van der Waals surface area contributed by atoms with E-state index in [9.17, 15) is 9.59 Å². The molecular weight excluding hydrogens is 408 g/mol. The molecule has 1 atom stereocenters. The zero-order valence-electron chi connectivity index (χ0n) is 17.7. The highest BCUT2D eigenvalue weighted by Gasteiger charge is 2.26. The van der Waals surface area contributed by atoms with E-state index in [-0.39, 0.29) is 18.4 Å². The molecule has 0 saturated carbocycles. The molecule has 0 fully saturated rings. The van der Waals surface area contributed by atoms with Gasteiger partial charge in [0.05, 0.1) is 29.8 Å². The van der Waals surface area contributed by atoms with Crippen molar-refractivity contribution in [2.75, 3.05) is 12.8 Å². The first-order chi connectivity index (χ1) is 14.2. The highest BCUT2D eigenvalue weighted by Crippen LogP contribution is 2.23. The molecular formula is C19H28N6O4S. The van der Waals surface area contributed by atoms with Gasteiger partial charge in [0.2, 0.25) is 5.89 Å². The maximum absolute atomic E-state index is 12.7. The van der Waals surface area contributed by atoms with Crippen molar-refractivity contribution in [1.29, 1.82) is 0 Å². The molecule has 1 aliphatic rings. The van der Waals surface area contributed by atoms with Crippen LogP contribution in [0.5, 0.6) is 0 Å². The number of ether oxygens (including phenoxy) is 1. The lowest BCUT2D eigenvalue weighted by atomic mass is 9.94. The molecule has 2 amide bonds. The number of rotatable bonds is 7. The van der Waals surface area contributed by atoms with Crippen LogP contribution in [-0.2, 0) is 30.0 Å². The molecule has 0 radical (unpaired) electrons. The number of hydrogen-bond donors (Lipinski definition) is 2. The van der Waals surface area contributed by atoms with Crippen molar-refractivity contribution in [3.63, 3.8) is 0 Å². The number of alkyl carbamates (subject to hydrolysis) is 1. The van der Waals surface area contributed by atoms with Crippen LogP contribution >= 0.6 is 11.8 Å². The van der Waals surface area contributed by atoms with Crippen molar-refractivity contribution in [2.24, 2.45) is 5.92 Å². The zero-order chi connectivity index (χ0) is 21.7. The Balaban J connectivity index is 1.54. The molecule has 0 saturated heterocycles. The SMILES string of the molecule is CSCc1noc(CNC(=O)c2cnn3c2CC(CNC(=O)OC(C)(C)C)CC3)n1. The number of amides is 2. The van der Waals surface area contributed by atoms with E-state index in [0.717, 1.165) is 12.1 Å². The second kappa shape index (κ2) is 9.50. The van der Waals surface area contributed by atoms with Crippen LogP contribution < -0.4 is 10.6 Å². The van der Waals surface area contributed by atoms with E-state index in [0.29, 0.717) is 42.5 Å². The molecule has 3 rings (SSSR count). The molecule has 0 aliphatic carbocycles. The predicted octanol–water partition coefficient (Wildman–Crippen LogP) is 2.15. The summed E-state index contributed by atoms with van der Waals surface area (Å²) in [4.78, 5) is 28.8. The lowest BCUT2D eigenvalue weighted by molar-refractivity contribution is 0.0516. The first-order valence-corrected chi connectivity index (χ1v) is 11.2. The number of aryl methyl sites for hydroxylation is 1. The Morgan fingerprint density at radius 2 is 2.17 bits per heavy atom. The molecule has 3 heterocycles. The molecule has 10 nitrogen and oxygen atoms in total. The fraction of sp³-hybridized carbons (Fsp3) is 0.632. The summed E-state index contributed by atoms with van der Waals surface area (Å²) >= 11 is 1.60. The van der Waals surface area contributed by atoms with E-state index < -0.39 is 11.7 Å². The number of aromatic nitrogens is 4. The van der Waals surface area contributed by atoms with Crippen LogP contribution in [0.2, 0.25) is 0 Å². The number of nitrogens with zero attached hydrogens (tertiary/aromatic N) is 4. The van der Waals surface area contributed by atoms with E-state index >= 15 is 0 Å². The molecule has 0 bridgehead atoms. The summed E-state index contributed by atoms with van der Waals surface area (Å²) in [7, 11) is 0. The van der Waals surface area contributed by atoms with Gasteiger partial charge in [0.15, 0.2) is 5.82 Å². The normalized spacial score (nSPS) is 16.1. The molecule has 30 heavy (non-hydrogen) atoms. The maximum atomic E-state index is 12.7. The average molecular weight is 437 g/mol. The van der Waals surface area contributed by atoms with Gasteiger partial charge in [-0.05, 0) is 45.8 Å². The fourth-order valence-electron chi connectivity index (χ4n) is 3.21. The van der Waals surface area contributed by atoms with Crippen molar-refractivity contribution in [1.82, 2.24) is 30.6 Å². The van der Waals surface area contributed by atoms with Gasteiger partial charge in [-0.1, -0.05) is 5.16 Å². The minimum absolute atomic E-state index is 0.161. The molecule has 2 aromatic rings. The zero-order valence-corrected chi connectivity index (χ0v) is 18.5. The number of carbonyl (C=O) groups excluding carboxylic acids is 2. The number of carbonyl (C=O) groups is 2. The van der Waals surface area contributed by atoms with Gasteiger partial charge in [-0.15, -0.1) is 0 Å². The Hall–Kier alpha value is -2.56. The summed E-state index contributed by atoms with van der Waals surface area (Å²) in [5.74, 6) is 1.61. The van der Waals surface area contributed by atoms with Crippen molar-refractivity contribution >= 4 is 23.8 Å². The lowest BCUT2D eigenvalue weighted by Crippen LogP contribution is -2.37. The van der Waals surface area contributed by atoms with E-state index in [1.165, 1.54) is 0 Å². The number of nitrogens with one attached hydrogen (secondary N) is 2. The van der Waals surface area contributed by atoms with E-state index in [1.54, 1.807) is 18.0 Å².